The summed E-state index contributed by atoms with van der Waals surface area (Å²) in [6.07, 6.45) is 1.29. The van der Waals surface area contributed by atoms with Crippen molar-refractivity contribution in [2.24, 2.45) is 0 Å². The fourth-order valence-electron chi connectivity index (χ4n) is 3.73. The molecule has 27 heavy (non-hydrogen) atoms. The minimum absolute atomic E-state index is 0.121. The van der Waals surface area contributed by atoms with Crippen LogP contribution in [0.5, 0.6) is 5.75 Å². The van der Waals surface area contributed by atoms with Crippen LogP contribution in [0.15, 0.2) is 18.2 Å². The zero-order valence-electron chi connectivity index (χ0n) is 15.9. The van der Waals surface area contributed by atoms with Crippen molar-refractivity contribution in [3.05, 3.63) is 29.3 Å². The Morgan fingerprint density at radius 2 is 2.07 bits per heavy atom. The zero-order valence-corrected chi connectivity index (χ0v) is 16.8. The fourth-order valence-corrected chi connectivity index (χ4v) is 4.58. The average molecular weight is 388 g/mol. The van der Waals surface area contributed by atoms with Gasteiger partial charge in [-0.1, -0.05) is 23.5 Å². The normalized spacial score (nSPS) is 20.9. The number of ether oxygens (including phenoxy) is 1. The van der Waals surface area contributed by atoms with Crippen LogP contribution >= 0.6 is 11.3 Å². The van der Waals surface area contributed by atoms with Gasteiger partial charge in [0.15, 0.2) is 0 Å². The summed E-state index contributed by atoms with van der Waals surface area (Å²) in [6, 6.07) is 7.01. The number of carbonyl (C=O) groups excluding carboxylic acids is 1. The van der Waals surface area contributed by atoms with E-state index in [9.17, 15) is 4.79 Å². The summed E-state index contributed by atoms with van der Waals surface area (Å²) < 4.78 is 5.92. The molecular formula is C19H25N5O2S. The van der Waals surface area contributed by atoms with Gasteiger partial charge in [-0.25, -0.2) is 0 Å². The van der Waals surface area contributed by atoms with Gasteiger partial charge in [-0.3, -0.25) is 9.69 Å². The highest BCUT2D eigenvalue weighted by molar-refractivity contribution is 7.19. The van der Waals surface area contributed by atoms with Crippen molar-refractivity contribution >= 4 is 27.5 Å². The molecule has 4 rings (SSSR count). The quantitative estimate of drug-likeness (QED) is 0.870. The number of nitrogens with one attached hydrogen (secondary N) is 1. The molecule has 0 radical (unpaired) electrons. The first kappa shape index (κ1) is 18.2. The van der Waals surface area contributed by atoms with Crippen LogP contribution in [0.25, 0.3) is 0 Å². The minimum Gasteiger partial charge on any atom is -0.490 e. The number of amides is 1. The summed E-state index contributed by atoms with van der Waals surface area (Å²) in [6.45, 7) is 9.58. The van der Waals surface area contributed by atoms with Gasteiger partial charge in [-0.05, 0) is 31.0 Å². The molecule has 7 nitrogen and oxygen atoms in total. The SMILES string of the molecule is CC(=O)Nc1nnc(N2CCN([C@@H](C)c3ccc4c(c3)OC(C)C4)CC2)s1. The number of fused-ring (bicyclic) bond motifs is 1. The number of hydrogen-bond donors (Lipinski definition) is 1. The van der Waals surface area contributed by atoms with Crippen molar-refractivity contribution in [3.8, 4) is 5.75 Å². The zero-order chi connectivity index (χ0) is 19.0. The molecular weight excluding hydrogens is 362 g/mol. The Morgan fingerprint density at radius 1 is 1.30 bits per heavy atom. The lowest BCUT2D eigenvalue weighted by Crippen LogP contribution is -2.47. The molecule has 144 valence electrons. The smallest absolute Gasteiger partial charge is 0.223 e. The van der Waals surface area contributed by atoms with Gasteiger partial charge in [0, 0.05) is 45.6 Å². The van der Waals surface area contributed by atoms with Crippen LogP contribution < -0.4 is 15.0 Å². The van der Waals surface area contributed by atoms with Gasteiger partial charge in [-0.2, -0.15) is 0 Å². The molecule has 2 aromatic rings. The minimum atomic E-state index is -0.121. The van der Waals surface area contributed by atoms with Crippen LogP contribution in [0.4, 0.5) is 10.3 Å². The highest BCUT2D eigenvalue weighted by Crippen LogP contribution is 2.33. The van der Waals surface area contributed by atoms with Gasteiger partial charge >= 0.3 is 0 Å². The molecule has 0 aliphatic carbocycles. The van der Waals surface area contributed by atoms with Gasteiger partial charge < -0.3 is 15.0 Å². The lowest BCUT2D eigenvalue weighted by Gasteiger charge is -2.38. The maximum atomic E-state index is 11.1. The third kappa shape index (κ3) is 3.91. The molecule has 0 spiro atoms. The molecule has 8 heteroatoms. The summed E-state index contributed by atoms with van der Waals surface area (Å²) in [5.41, 5.74) is 2.62. The lowest BCUT2D eigenvalue weighted by molar-refractivity contribution is -0.114. The van der Waals surface area contributed by atoms with E-state index in [1.807, 2.05) is 0 Å². The third-order valence-electron chi connectivity index (χ3n) is 5.24. The van der Waals surface area contributed by atoms with Crippen molar-refractivity contribution < 1.29 is 9.53 Å². The van der Waals surface area contributed by atoms with Crippen LogP contribution in [0.1, 0.15) is 37.9 Å². The number of benzene rings is 1. The predicted molar refractivity (Wildman–Crippen MR) is 107 cm³/mol. The van der Waals surface area contributed by atoms with Crippen LogP contribution in [0, 0.1) is 0 Å². The second kappa shape index (κ2) is 7.44. The maximum absolute atomic E-state index is 11.1. The van der Waals surface area contributed by atoms with Gasteiger partial charge in [0.25, 0.3) is 0 Å². The van der Waals surface area contributed by atoms with E-state index in [1.54, 1.807) is 0 Å². The Balaban J connectivity index is 1.37. The molecule has 0 bridgehead atoms. The summed E-state index contributed by atoms with van der Waals surface area (Å²) in [4.78, 5) is 15.9. The van der Waals surface area contributed by atoms with E-state index < -0.39 is 0 Å². The maximum Gasteiger partial charge on any atom is 0.223 e. The molecule has 3 heterocycles. The Kier molecular flexibility index (Phi) is 5.01. The molecule has 1 aromatic heterocycles. The Labute approximate surface area is 163 Å². The van der Waals surface area contributed by atoms with Crippen molar-refractivity contribution in [1.29, 1.82) is 0 Å². The van der Waals surface area contributed by atoms with E-state index in [1.165, 1.54) is 29.4 Å². The summed E-state index contributed by atoms with van der Waals surface area (Å²) in [7, 11) is 0. The molecule has 1 N–H and O–H groups in total. The number of anilines is 2. The summed E-state index contributed by atoms with van der Waals surface area (Å²) in [5.74, 6) is 0.925. The van der Waals surface area contributed by atoms with Gasteiger partial charge in [0.2, 0.25) is 16.2 Å². The number of aromatic nitrogens is 2. The average Bonchev–Trinajstić information content (AvgIpc) is 3.25. The van der Waals surface area contributed by atoms with Crippen molar-refractivity contribution in [2.45, 2.75) is 39.3 Å². The van der Waals surface area contributed by atoms with E-state index in [2.05, 4.69) is 57.4 Å². The monoisotopic (exact) mass is 387 g/mol. The topological polar surface area (TPSA) is 70.6 Å². The Hall–Kier alpha value is -2.19. The molecule has 1 aromatic carbocycles. The van der Waals surface area contributed by atoms with E-state index in [0.29, 0.717) is 11.2 Å². The molecule has 1 saturated heterocycles. The number of carbonyl (C=O) groups is 1. The van der Waals surface area contributed by atoms with Gasteiger partial charge in [-0.15, -0.1) is 10.2 Å². The van der Waals surface area contributed by atoms with Crippen molar-refractivity contribution in [2.75, 3.05) is 36.4 Å². The van der Waals surface area contributed by atoms with Crippen molar-refractivity contribution in [3.63, 3.8) is 0 Å². The molecule has 2 aliphatic heterocycles. The van der Waals surface area contributed by atoms with Crippen LogP contribution in [-0.4, -0.2) is 53.3 Å². The standard InChI is InChI=1S/C19H25N5O2S/c1-12-10-16-5-4-15(11-17(16)26-12)13(2)23-6-8-24(9-7-23)19-22-21-18(27-19)20-14(3)25/h4-5,11-13H,6-10H2,1-3H3,(H,20,21,25)/t12?,13-/m0/s1. The van der Waals surface area contributed by atoms with Crippen molar-refractivity contribution in [1.82, 2.24) is 15.1 Å². The van der Waals surface area contributed by atoms with E-state index >= 15 is 0 Å². The van der Waals surface area contributed by atoms with Crippen LogP contribution in [-0.2, 0) is 11.2 Å². The summed E-state index contributed by atoms with van der Waals surface area (Å²) >= 11 is 1.42. The highest BCUT2D eigenvalue weighted by atomic mass is 32.1. The molecule has 2 atom stereocenters. The van der Waals surface area contributed by atoms with E-state index in [-0.39, 0.29) is 12.0 Å². The molecule has 1 amide bonds. The lowest BCUT2D eigenvalue weighted by atomic mass is 10.0. The number of nitrogens with zero attached hydrogens (tertiary/aromatic N) is 4. The highest BCUT2D eigenvalue weighted by Gasteiger charge is 2.26. The first-order valence-electron chi connectivity index (χ1n) is 9.39. The molecule has 0 saturated carbocycles. The number of piperazine rings is 1. The molecule has 1 fully saturated rings. The Morgan fingerprint density at radius 3 is 2.81 bits per heavy atom. The predicted octanol–water partition coefficient (Wildman–Crippen LogP) is 2.70. The van der Waals surface area contributed by atoms with Crippen LogP contribution in [0.3, 0.4) is 0 Å². The summed E-state index contributed by atoms with van der Waals surface area (Å²) in [5, 5.41) is 12.4. The fraction of sp³-hybridized carbons (Fsp3) is 0.526. The first-order chi connectivity index (χ1) is 13.0. The molecule has 2 aliphatic rings. The van der Waals surface area contributed by atoms with E-state index in [4.69, 9.17) is 4.74 Å². The third-order valence-corrected chi connectivity index (χ3v) is 6.14. The van der Waals surface area contributed by atoms with Gasteiger partial charge in [0.05, 0.1) is 0 Å². The van der Waals surface area contributed by atoms with Crippen LogP contribution in [0.2, 0.25) is 0 Å². The van der Waals surface area contributed by atoms with E-state index in [0.717, 1.165) is 43.5 Å². The number of hydrogen-bond acceptors (Lipinski definition) is 7. The Bertz CT molecular complexity index is 831. The molecule has 1 unspecified atom stereocenters. The number of rotatable bonds is 4. The second-order valence-corrected chi connectivity index (χ2v) is 8.23. The largest absolute Gasteiger partial charge is 0.490 e. The first-order valence-corrected chi connectivity index (χ1v) is 10.2. The van der Waals surface area contributed by atoms with Gasteiger partial charge in [0.1, 0.15) is 11.9 Å². The second-order valence-electron chi connectivity index (χ2n) is 7.27.